The minimum absolute atomic E-state index is 0.156. The Morgan fingerprint density at radius 3 is 0.528 bits per heavy atom. The Morgan fingerprint density at radius 1 is 0.181 bits per heavy atom. The number of nitrogens with zero attached hydrogens (tertiary/aromatic N) is 3. The van der Waals surface area contributed by atoms with E-state index in [0.717, 1.165) is 232 Å². The molecule has 0 aliphatic rings. The Labute approximate surface area is 890 Å². The highest BCUT2D eigenvalue weighted by atomic mass is 16.6. The van der Waals surface area contributed by atoms with Gasteiger partial charge in [-0.25, -0.2) is 0 Å². The van der Waals surface area contributed by atoms with Crippen molar-refractivity contribution in [3.05, 3.63) is 146 Å². The molecule has 0 aliphatic heterocycles. The zero-order valence-electron chi connectivity index (χ0n) is 96.2. The molecule has 0 bridgehead atoms. The SMILES string of the molecule is CC/C=C\CCCC/C=C\CCCCCCCC(=O)OC[C@H](CCCN(C)C)OC(=O)CCCCCCC/C=C\CCCC/C=C\CC.CC/C=C\CCCC/C=C\CCCCCCCC(=O)OC[C@H](CCN(C)C)OC(=O)CCCCCCC/C=C\CCCC/C=C\CC.CC/C=C\CCCC/C=C\CCCCCCCC(=O)OC[C@H](CCN(CC)CC)OC(=O)CCCCCCC/C=C\CCCC/C=C\CC. The van der Waals surface area contributed by atoms with E-state index < -0.39 is 0 Å². The largest absolute Gasteiger partial charge is 0.462 e. The van der Waals surface area contributed by atoms with Crippen molar-refractivity contribution in [1.29, 1.82) is 0 Å². The van der Waals surface area contributed by atoms with E-state index in [0.29, 0.717) is 57.8 Å². The van der Waals surface area contributed by atoms with E-state index in [1.54, 1.807) is 0 Å². The molecule has 0 amide bonds. The Kier molecular flexibility index (Phi) is 120. The second-order valence-corrected chi connectivity index (χ2v) is 40.4. The number of rotatable bonds is 105. The van der Waals surface area contributed by atoms with Gasteiger partial charge in [0.1, 0.15) is 38.1 Å². The van der Waals surface area contributed by atoms with E-state index in [2.05, 4.69) is 216 Å². The van der Waals surface area contributed by atoms with Crippen LogP contribution in [0.25, 0.3) is 0 Å². The smallest absolute Gasteiger partial charge is 0.306 e. The number of hydrogen-bond donors (Lipinski definition) is 0. The topological polar surface area (TPSA) is 168 Å². The molecule has 834 valence electrons. The van der Waals surface area contributed by atoms with Crippen molar-refractivity contribution in [2.24, 2.45) is 0 Å². The predicted molar refractivity (Wildman–Crippen MR) is 622 cm³/mol. The van der Waals surface area contributed by atoms with E-state index in [1.165, 1.54) is 231 Å². The Hall–Kier alpha value is -6.42. The first-order chi connectivity index (χ1) is 70.5. The van der Waals surface area contributed by atoms with E-state index >= 15 is 0 Å². The van der Waals surface area contributed by atoms with Crippen LogP contribution in [0.2, 0.25) is 0 Å². The molecular formula is C129H231N3O12. The second kappa shape index (κ2) is 122. The lowest BCUT2D eigenvalue weighted by molar-refractivity contribution is -0.159. The number of carbonyl (C=O) groups excluding carboxylic acids is 6. The van der Waals surface area contributed by atoms with Crippen molar-refractivity contribution in [3.8, 4) is 0 Å². The molecule has 15 nitrogen and oxygen atoms in total. The molecule has 0 fully saturated rings. The molecule has 0 saturated heterocycles. The molecule has 0 aliphatic carbocycles. The molecular weight excluding hydrogens is 1780 g/mol. The van der Waals surface area contributed by atoms with E-state index in [-0.39, 0.29) is 73.9 Å². The van der Waals surface area contributed by atoms with Gasteiger partial charge in [-0.2, -0.15) is 0 Å². The van der Waals surface area contributed by atoms with Gasteiger partial charge in [0.05, 0.1) is 0 Å². The molecule has 0 spiro atoms. The maximum Gasteiger partial charge on any atom is 0.306 e. The molecule has 0 aromatic carbocycles. The average Bonchev–Trinajstić information content (AvgIpc) is 0.944. The fraction of sp³-hybridized carbons (Fsp3) is 0.767. The standard InChI is InChI=1S/C44H79NO4.C43H77NO4.C42H75NO4/c1-5-9-11-13-15-17-19-21-23-25-27-29-31-33-35-37-43(46)48-41-42(39-40-45(7-3)8-4)49-44(47)38-36-34-32-30-28-26-24-22-20-18-16-14-12-10-6-2;1-5-7-9-11-13-15-17-19-21-23-25-27-29-31-33-37-42(45)47-40-41(36-35-39-44(3)4)48-43(46)38-34-32-30-28-26-24-22-20-18-16-14-12-10-8-6-2;1-5-7-9-11-13-15-17-19-21-23-25-27-29-31-33-35-41(44)46-39-40(37-38-43(3)4)47-42(45)36-34-32-30-28-26-24-22-20-18-16-14-12-10-8-6-2/h9-12,21-24,42H,5-8,13-20,25-41H2,1-4H3;7-10,19-22,41H,5-6,11-18,23-40H2,1-4H3;7-10,19-22,40H,5-6,11-18,23-39H2,1-4H3/b11-9-,12-10-,23-21-,24-22-;2*9-7-,10-8-,21-19-,22-20-/t42-;41-;40-/m000/s1. The van der Waals surface area contributed by atoms with Gasteiger partial charge >= 0.3 is 35.8 Å². The van der Waals surface area contributed by atoms with E-state index in [1.807, 2.05) is 28.2 Å². The zero-order chi connectivity index (χ0) is 106. The number of ether oxygens (including phenoxy) is 6. The molecule has 144 heavy (non-hydrogen) atoms. The predicted octanol–water partition coefficient (Wildman–Crippen LogP) is 37.2. The number of allylic oxidation sites excluding steroid dienone is 24. The van der Waals surface area contributed by atoms with Crippen LogP contribution in [0.15, 0.2) is 146 Å². The first-order valence-corrected chi connectivity index (χ1v) is 60.4. The summed E-state index contributed by atoms with van der Waals surface area (Å²) in [6.45, 7) is 22.3. The fourth-order valence-corrected chi connectivity index (χ4v) is 16.6. The van der Waals surface area contributed by atoms with Crippen LogP contribution in [0.5, 0.6) is 0 Å². The van der Waals surface area contributed by atoms with Gasteiger partial charge in [0.15, 0.2) is 0 Å². The number of esters is 6. The van der Waals surface area contributed by atoms with Gasteiger partial charge in [0.25, 0.3) is 0 Å². The average molecular weight is 2020 g/mol. The molecule has 0 aromatic heterocycles. The molecule has 0 heterocycles. The maximum absolute atomic E-state index is 12.6. The minimum atomic E-state index is -0.376. The number of carbonyl (C=O) groups is 6. The Bertz CT molecular complexity index is 3130. The molecule has 0 radical (unpaired) electrons. The molecule has 0 aromatic rings. The summed E-state index contributed by atoms with van der Waals surface area (Å²) in [6, 6.07) is 0. The van der Waals surface area contributed by atoms with Crippen molar-refractivity contribution in [2.45, 2.75) is 562 Å². The third-order valence-electron chi connectivity index (χ3n) is 25.8. The monoisotopic (exact) mass is 2010 g/mol. The molecule has 0 saturated carbocycles. The molecule has 0 rings (SSSR count). The van der Waals surface area contributed by atoms with Crippen molar-refractivity contribution < 1.29 is 57.2 Å². The van der Waals surface area contributed by atoms with Crippen molar-refractivity contribution in [2.75, 3.05) is 80.7 Å². The van der Waals surface area contributed by atoms with Gasteiger partial charge in [-0.05, 0) is 369 Å². The van der Waals surface area contributed by atoms with E-state index in [4.69, 9.17) is 28.4 Å². The summed E-state index contributed by atoms with van der Waals surface area (Å²) >= 11 is 0. The van der Waals surface area contributed by atoms with Crippen LogP contribution in [0.3, 0.4) is 0 Å². The molecule has 15 heteroatoms. The lowest BCUT2D eigenvalue weighted by Crippen LogP contribution is -2.32. The van der Waals surface area contributed by atoms with Gasteiger partial charge < -0.3 is 43.1 Å². The summed E-state index contributed by atoms with van der Waals surface area (Å²) in [4.78, 5) is 81.4. The second-order valence-electron chi connectivity index (χ2n) is 40.4. The molecule has 3 atom stereocenters. The summed E-state index contributed by atoms with van der Waals surface area (Å²) in [6.07, 6.45) is 136. The van der Waals surface area contributed by atoms with Crippen LogP contribution in [-0.4, -0.2) is 150 Å². The van der Waals surface area contributed by atoms with Crippen LogP contribution < -0.4 is 0 Å². The highest BCUT2D eigenvalue weighted by Crippen LogP contribution is 2.21. The van der Waals surface area contributed by atoms with Gasteiger partial charge in [0.2, 0.25) is 0 Å². The van der Waals surface area contributed by atoms with Crippen LogP contribution >= 0.6 is 0 Å². The summed E-state index contributed by atoms with van der Waals surface area (Å²) < 4.78 is 34.0. The van der Waals surface area contributed by atoms with Crippen LogP contribution in [0.4, 0.5) is 0 Å². The van der Waals surface area contributed by atoms with Crippen molar-refractivity contribution >= 4 is 35.8 Å². The summed E-state index contributed by atoms with van der Waals surface area (Å²) in [5.41, 5.74) is 0. The third kappa shape index (κ3) is 121. The van der Waals surface area contributed by atoms with Gasteiger partial charge in [0, 0.05) is 64.5 Å². The number of hydrogen-bond acceptors (Lipinski definition) is 15. The van der Waals surface area contributed by atoms with E-state index in [9.17, 15) is 28.8 Å². The quantitative estimate of drug-likeness (QED) is 0.0244. The van der Waals surface area contributed by atoms with Crippen molar-refractivity contribution in [3.63, 3.8) is 0 Å². The highest BCUT2D eigenvalue weighted by molar-refractivity contribution is 5.72. The first kappa shape index (κ1) is 142. The van der Waals surface area contributed by atoms with Crippen LogP contribution in [0.1, 0.15) is 543 Å². The maximum atomic E-state index is 12.6. The lowest BCUT2D eigenvalue weighted by atomic mass is 10.1. The third-order valence-corrected chi connectivity index (χ3v) is 25.8. The summed E-state index contributed by atoms with van der Waals surface area (Å²) in [7, 11) is 8.08. The van der Waals surface area contributed by atoms with Gasteiger partial charge in [-0.3, -0.25) is 28.8 Å². The van der Waals surface area contributed by atoms with Gasteiger partial charge in [-0.1, -0.05) is 317 Å². The minimum Gasteiger partial charge on any atom is -0.462 e. The number of unbranched alkanes of at least 4 members (excludes halogenated alkanes) is 48. The Balaban J connectivity index is -0.00000207. The van der Waals surface area contributed by atoms with Gasteiger partial charge in [-0.15, -0.1) is 0 Å². The van der Waals surface area contributed by atoms with Crippen LogP contribution in [0, 0.1) is 0 Å². The first-order valence-electron chi connectivity index (χ1n) is 60.4. The Morgan fingerprint density at radius 2 is 0.340 bits per heavy atom. The highest BCUT2D eigenvalue weighted by Gasteiger charge is 2.22. The normalized spacial score (nSPS) is 12.8. The van der Waals surface area contributed by atoms with Crippen molar-refractivity contribution in [1.82, 2.24) is 14.7 Å². The summed E-state index contributed by atoms with van der Waals surface area (Å²) in [5.74, 6) is -1.03. The summed E-state index contributed by atoms with van der Waals surface area (Å²) in [5, 5.41) is 0. The lowest BCUT2D eigenvalue weighted by Gasteiger charge is -2.23. The molecule has 0 unspecified atom stereocenters. The van der Waals surface area contributed by atoms with Crippen LogP contribution in [-0.2, 0) is 57.2 Å². The molecule has 0 N–H and O–H groups in total. The zero-order valence-corrected chi connectivity index (χ0v) is 96.2. The fourth-order valence-electron chi connectivity index (χ4n) is 16.6.